The van der Waals surface area contributed by atoms with Gasteiger partial charge in [0.15, 0.2) is 6.61 Å². The van der Waals surface area contributed by atoms with Gasteiger partial charge in [0.2, 0.25) is 0 Å². The van der Waals surface area contributed by atoms with Crippen LogP contribution in [0, 0.1) is 5.92 Å². The summed E-state index contributed by atoms with van der Waals surface area (Å²) in [4.78, 5) is 38.9. The number of carbonyl (C=O) groups excluding carboxylic acids is 3. The van der Waals surface area contributed by atoms with Crippen molar-refractivity contribution in [2.24, 2.45) is 5.92 Å². The number of carbonyl (C=O) groups is 3. The number of imide groups is 1. The molecule has 23 heavy (non-hydrogen) atoms. The average molecular weight is 319 g/mol. The highest BCUT2D eigenvalue weighted by molar-refractivity contribution is 5.97. The molecule has 1 aromatic heterocycles. The molecule has 3 amide bonds. The molecular formula is C16H21N3O4. The van der Waals surface area contributed by atoms with E-state index in [1.807, 2.05) is 0 Å². The molecule has 124 valence electrons. The zero-order valence-corrected chi connectivity index (χ0v) is 13.1. The Morgan fingerprint density at radius 3 is 2.78 bits per heavy atom. The normalized spacial score (nSPS) is 20.4. The molecule has 2 rings (SSSR count). The lowest BCUT2D eigenvalue weighted by atomic mass is 9.86. The quantitative estimate of drug-likeness (QED) is 0.822. The summed E-state index contributed by atoms with van der Waals surface area (Å²) in [6, 6.07) is 2.65. The zero-order chi connectivity index (χ0) is 16.7. The maximum absolute atomic E-state index is 11.8. The monoisotopic (exact) mass is 319 g/mol. The van der Waals surface area contributed by atoms with Gasteiger partial charge in [-0.2, -0.15) is 0 Å². The number of hydrogen-bond donors (Lipinski definition) is 2. The Morgan fingerprint density at radius 2 is 2.09 bits per heavy atom. The standard InChI is InChI=1S/C16H21N3O4/c1-11-5-2-3-7-13(11)18-16(22)19-14(20)10-23-15(21)12-6-4-8-17-9-12/h4,6,8-9,11,13H,2-3,5,7,10H2,1H3,(H2,18,19,20,22)/t11-,13+/m1/s1. The Kier molecular flexibility index (Phi) is 6.08. The van der Waals surface area contributed by atoms with Gasteiger partial charge >= 0.3 is 12.0 Å². The number of rotatable bonds is 4. The van der Waals surface area contributed by atoms with E-state index in [1.165, 1.54) is 24.9 Å². The number of hydrogen-bond acceptors (Lipinski definition) is 5. The Morgan fingerprint density at radius 1 is 1.30 bits per heavy atom. The number of esters is 1. The van der Waals surface area contributed by atoms with Crippen LogP contribution in [0.3, 0.4) is 0 Å². The Labute approximate surface area is 134 Å². The van der Waals surface area contributed by atoms with Gasteiger partial charge in [0, 0.05) is 18.4 Å². The molecule has 0 radical (unpaired) electrons. The van der Waals surface area contributed by atoms with Gasteiger partial charge in [0.05, 0.1) is 5.56 Å². The van der Waals surface area contributed by atoms with Gasteiger partial charge in [-0.05, 0) is 30.9 Å². The van der Waals surface area contributed by atoms with Crippen molar-refractivity contribution in [3.8, 4) is 0 Å². The number of aromatic nitrogens is 1. The lowest BCUT2D eigenvalue weighted by Gasteiger charge is -2.29. The van der Waals surface area contributed by atoms with Crippen LogP contribution in [-0.2, 0) is 9.53 Å². The van der Waals surface area contributed by atoms with Crippen molar-refractivity contribution >= 4 is 17.9 Å². The molecule has 1 heterocycles. The molecule has 1 fully saturated rings. The Balaban J connectivity index is 1.71. The molecule has 0 spiro atoms. The van der Waals surface area contributed by atoms with Crippen molar-refractivity contribution in [2.75, 3.05) is 6.61 Å². The Hall–Kier alpha value is -2.44. The second-order valence-corrected chi connectivity index (χ2v) is 5.71. The molecule has 7 nitrogen and oxygen atoms in total. The van der Waals surface area contributed by atoms with Gasteiger partial charge in [0.1, 0.15) is 0 Å². The van der Waals surface area contributed by atoms with Gasteiger partial charge in [-0.1, -0.05) is 19.8 Å². The number of ether oxygens (including phenoxy) is 1. The molecule has 1 saturated carbocycles. The smallest absolute Gasteiger partial charge is 0.340 e. The minimum atomic E-state index is -0.664. The third-order valence-corrected chi connectivity index (χ3v) is 3.91. The first-order valence-corrected chi connectivity index (χ1v) is 7.73. The summed E-state index contributed by atoms with van der Waals surface area (Å²) < 4.78 is 4.83. The van der Waals surface area contributed by atoms with E-state index in [-0.39, 0.29) is 11.6 Å². The summed E-state index contributed by atoms with van der Waals surface area (Å²) in [5.41, 5.74) is 0.251. The highest BCUT2D eigenvalue weighted by atomic mass is 16.5. The van der Waals surface area contributed by atoms with Crippen molar-refractivity contribution < 1.29 is 19.1 Å². The topological polar surface area (TPSA) is 97.4 Å². The molecule has 0 bridgehead atoms. The molecule has 0 unspecified atom stereocenters. The van der Waals surface area contributed by atoms with Crippen LogP contribution < -0.4 is 10.6 Å². The van der Waals surface area contributed by atoms with Gasteiger partial charge in [-0.15, -0.1) is 0 Å². The summed E-state index contributed by atoms with van der Waals surface area (Å²) in [5, 5.41) is 4.97. The fraction of sp³-hybridized carbons (Fsp3) is 0.500. The van der Waals surface area contributed by atoms with E-state index in [4.69, 9.17) is 4.74 Å². The predicted molar refractivity (Wildman–Crippen MR) is 82.6 cm³/mol. The number of pyridine rings is 1. The van der Waals surface area contributed by atoms with Crippen LogP contribution in [0.1, 0.15) is 43.0 Å². The molecule has 0 saturated heterocycles. The van der Waals surface area contributed by atoms with Crippen LogP contribution in [0.4, 0.5) is 4.79 Å². The van der Waals surface area contributed by atoms with Crippen molar-refractivity contribution in [2.45, 2.75) is 38.6 Å². The van der Waals surface area contributed by atoms with E-state index < -0.39 is 24.5 Å². The lowest BCUT2D eigenvalue weighted by Crippen LogP contribution is -2.48. The van der Waals surface area contributed by atoms with Crippen molar-refractivity contribution in [3.63, 3.8) is 0 Å². The van der Waals surface area contributed by atoms with E-state index in [1.54, 1.807) is 6.07 Å². The Bertz CT molecular complexity index is 562. The van der Waals surface area contributed by atoms with Gasteiger partial charge in [-0.3, -0.25) is 15.1 Å². The maximum Gasteiger partial charge on any atom is 0.340 e. The number of amides is 3. The molecule has 1 aromatic rings. The molecule has 0 aliphatic heterocycles. The van der Waals surface area contributed by atoms with E-state index in [0.29, 0.717) is 5.92 Å². The third-order valence-electron chi connectivity index (χ3n) is 3.91. The molecule has 2 atom stereocenters. The summed E-state index contributed by atoms with van der Waals surface area (Å²) in [5.74, 6) is -0.925. The first kappa shape index (κ1) is 16.9. The minimum absolute atomic E-state index is 0.0782. The fourth-order valence-electron chi connectivity index (χ4n) is 2.60. The van der Waals surface area contributed by atoms with E-state index in [9.17, 15) is 14.4 Å². The van der Waals surface area contributed by atoms with E-state index in [0.717, 1.165) is 19.3 Å². The second kappa shape index (κ2) is 8.26. The molecule has 2 N–H and O–H groups in total. The number of nitrogens with zero attached hydrogens (tertiary/aromatic N) is 1. The summed E-state index contributed by atoms with van der Waals surface area (Å²) >= 11 is 0. The largest absolute Gasteiger partial charge is 0.452 e. The van der Waals surface area contributed by atoms with Crippen LogP contribution in [-0.4, -0.2) is 35.5 Å². The van der Waals surface area contributed by atoms with Crippen molar-refractivity contribution in [3.05, 3.63) is 30.1 Å². The van der Waals surface area contributed by atoms with Crippen LogP contribution >= 0.6 is 0 Å². The van der Waals surface area contributed by atoms with E-state index in [2.05, 4.69) is 22.5 Å². The number of nitrogens with one attached hydrogen (secondary N) is 2. The summed E-state index contributed by atoms with van der Waals surface area (Å²) in [6.07, 6.45) is 7.11. The molecule has 0 aromatic carbocycles. The van der Waals surface area contributed by atoms with Crippen LogP contribution in [0.2, 0.25) is 0 Å². The fourth-order valence-corrected chi connectivity index (χ4v) is 2.60. The average Bonchev–Trinajstić information content (AvgIpc) is 2.55. The minimum Gasteiger partial charge on any atom is -0.452 e. The first-order chi connectivity index (χ1) is 11.1. The van der Waals surface area contributed by atoms with Gasteiger partial charge in [-0.25, -0.2) is 9.59 Å². The highest BCUT2D eigenvalue weighted by Crippen LogP contribution is 2.23. The molecule has 1 aliphatic carbocycles. The third kappa shape index (κ3) is 5.36. The highest BCUT2D eigenvalue weighted by Gasteiger charge is 2.23. The van der Waals surface area contributed by atoms with Gasteiger partial charge < -0.3 is 10.1 Å². The first-order valence-electron chi connectivity index (χ1n) is 7.73. The second-order valence-electron chi connectivity index (χ2n) is 5.71. The van der Waals surface area contributed by atoms with Crippen LogP contribution in [0.25, 0.3) is 0 Å². The van der Waals surface area contributed by atoms with Crippen molar-refractivity contribution in [1.82, 2.24) is 15.6 Å². The van der Waals surface area contributed by atoms with Gasteiger partial charge in [0.25, 0.3) is 5.91 Å². The SMILES string of the molecule is C[C@@H]1CCCC[C@@H]1NC(=O)NC(=O)COC(=O)c1cccnc1. The maximum atomic E-state index is 11.8. The molecule has 1 aliphatic rings. The zero-order valence-electron chi connectivity index (χ0n) is 13.1. The molecular weight excluding hydrogens is 298 g/mol. The number of urea groups is 1. The summed E-state index contributed by atoms with van der Waals surface area (Å²) in [6.45, 7) is 1.57. The lowest BCUT2D eigenvalue weighted by molar-refractivity contribution is -0.123. The van der Waals surface area contributed by atoms with Crippen molar-refractivity contribution in [1.29, 1.82) is 0 Å². The van der Waals surface area contributed by atoms with Crippen LogP contribution in [0.5, 0.6) is 0 Å². The van der Waals surface area contributed by atoms with E-state index >= 15 is 0 Å². The molecule has 7 heteroatoms. The predicted octanol–water partition coefficient (Wildman–Crippen LogP) is 1.64. The van der Waals surface area contributed by atoms with Crippen LogP contribution in [0.15, 0.2) is 24.5 Å². The summed E-state index contributed by atoms with van der Waals surface area (Å²) in [7, 11) is 0.